The maximum atomic E-state index is 14.3. The van der Waals surface area contributed by atoms with E-state index >= 15 is 0 Å². The molecule has 0 radical (unpaired) electrons. The number of benzene rings is 1. The second-order valence-electron chi connectivity index (χ2n) is 4.90. The lowest BCUT2D eigenvalue weighted by Crippen LogP contribution is -2.24. The average molecular weight is 333 g/mol. The molecule has 0 heterocycles. The van der Waals surface area contributed by atoms with Crippen LogP contribution in [0.5, 0.6) is 0 Å². The Bertz CT molecular complexity index is 706. The molecule has 1 aromatic carbocycles. The van der Waals surface area contributed by atoms with E-state index in [9.17, 15) is 13.6 Å². The van der Waals surface area contributed by atoms with Gasteiger partial charge in [0.1, 0.15) is 0 Å². The summed E-state index contributed by atoms with van der Waals surface area (Å²) in [7, 11) is 0. The number of azo groups is 1. The Morgan fingerprint density at radius 3 is 2.50 bits per heavy atom. The molecule has 1 aromatic rings. The average Bonchev–Trinajstić information content (AvgIpc) is 2.56. The second-order valence-corrected chi connectivity index (χ2v) is 4.90. The number of carbonyl (C=O) groups is 1. The molecule has 0 fully saturated rings. The van der Waals surface area contributed by atoms with Crippen molar-refractivity contribution in [1.82, 2.24) is 5.32 Å². The lowest BCUT2D eigenvalue weighted by molar-refractivity contribution is 0.0950. The number of hydrogen-bond acceptors (Lipinski definition) is 3. The van der Waals surface area contributed by atoms with Crippen LogP contribution in [-0.2, 0) is 0 Å². The maximum Gasteiger partial charge on any atom is 0.254 e. The summed E-state index contributed by atoms with van der Waals surface area (Å²) < 4.78 is 28.4. The highest BCUT2D eigenvalue weighted by Gasteiger charge is 2.18. The third kappa shape index (κ3) is 4.94. The summed E-state index contributed by atoms with van der Waals surface area (Å²) in [5.41, 5.74) is 0.739. The fraction of sp³-hybridized carbons (Fsp3) is 0.278. The van der Waals surface area contributed by atoms with Crippen molar-refractivity contribution in [1.29, 1.82) is 0 Å². The third-order valence-electron chi connectivity index (χ3n) is 3.15. The van der Waals surface area contributed by atoms with Crippen LogP contribution in [0.2, 0.25) is 0 Å². The van der Waals surface area contributed by atoms with Gasteiger partial charge in [-0.15, -0.1) is 6.58 Å². The van der Waals surface area contributed by atoms with Crippen LogP contribution in [0.25, 0.3) is 5.57 Å². The fourth-order valence-corrected chi connectivity index (χ4v) is 1.93. The molecule has 1 amide bonds. The van der Waals surface area contributed by atoms with Gasteiger partial charge in [-0.25, -0.2) is 8.78 Å². The lowest BCUT2D eigenvalue weighted by atomic mass is 10.0. The minimum atomic E-state index is -1.17. The SMILES string of the molecule is C=CCN=NC(=C\C)/C=C(\C)c1ccc(C(=O)NCC)c(F)c1F. The molecule has 0 atom stereocenters. The van der Waals surface area contributed by atoms with E-state index in [1.807, 2.05) is 0 Å². The fourth-order valence-electron chi connectivity index (χ4n) is 1.93. The number of nitrogens with zero attached hydrogens (tertiary/aromatic N) is 2. The van der Waals surface area contributed by atoms with Crippen LogP contribution in [0.15, 0.2) is 52.9 Å². The summed E-state index contributed by atoms with van der Waals surface area (Å²) in [4.78, 5) is 11.7. The second kappa shape index (κ2) is 9.50. The van der Waals surface area contributed by atoms with Gasteiger partial charge in [0.15, 0.2) is 11.6 Å². The van der Waals surface area contributed by atoms with E-state index in [1.54, 1.807) is 39.0 Å². The zero-order chi connectivity index (χ0) is 18.1. The van der Waals surface area contributed by atoms with Gasteiger partial charge in [0.05, 0.1) is 17.8 Å². The van der Waals surface area contributed by atoms with Crippen molar-refractivity contribution < 1.29 is 13.6 Å². The third-order valence-corrected chi connectivity index (χ3v) is 3.15. The summed E-state index contributed by atoms with van der Waals surface area (Å²) in [6.45, 7) is 9.34. The van der Waals surface area contributed by atoms with Crippen molar-refractivity contribution in [2.75, 3.05) is 13.1 Å². The molecule has 6 heteroatoms. The normalized spacial score (nSPS) is 12.5. The largest absolute Gasteiger partial charge is 0.352 e. The van der Waals surface area contributed by atoms with Crippen LogP contribution >= 0.6 is 0 Å². The molecule has 0 aliphatic carbocycles. The first kappa shape index (κ1) is 19.4. The molecule has 1 N–H and O–H groups in total. The van der Waals surface area contributed by atoms with Crippen LogP contribution in [-0.4, -0.2) is 19.0 Å². The Labute approximate surface area is 140 Å². The predicted molar refractivity (Wildman–Crippen MR) is 91.7 cm³/mol. The monoisotopic (exact) mass is 333 g/mol. The van der Waals surface area contributed by atoms with E-state index in [2.05, 4.69) is 22.1 Å². The van der Waals surface area contributed by atoms with Crippen LogP contribution in [0.1, 0.15) is 36.7 Å². The zero-order valence-corrected chi connectivity index (χ0v) is 14.1. The Balaban J connectivity index is 3.17. The van der Waals surface area contributed by atoms with Gasteiger partial charge in [-0.05, 0) is 38.5 Å². The van der Waals surface area contributed by atoms with E-state index in [4.69, 9.17) is 0 Å². The van der Waals surface area contributed by atoms with Gasteiger partial charge < -0.3 is 5.32 Å². The van der Waals surface area contributed by atoms with Gasteiger partial charge in [-0.1, -0.05) is 18.2 Å². The molecule has 0 spiro atoms. The quantitative estimate of drug-likeness (QED) is 0.440. The molecule has 24 heavy (non-hydrogen) atoms. The maximum absolute atomic E-state index is 14.3. The molecule has 0 unspecified atom stereocenters. The van der Waals surface area contributed by atoms with E-state index in [0.717, 1.165) is 0 Å². The number of rotatable bonds is 7. The van der Waals surface area contributed by atoms with Crippen molar-refractivity contribution in [3.8, 4) is 0 Å². The molecular weight excluding hydrogens is 312 g/mol. The first-order valence-corrected chi connectivity index (χ1v) is 7.55. The van der Waals surface area contributed by atoms with Crippen LogP contribution < -0.4 is 5.32 Å². The molecular formula is C18H21F2N3O. The van der Waals surface area contributed by atoms with Crippen LogP contribution in [0.3, 0.4) is 0 Å². The van der Waals surface area contributed by atoms with Crippen molar-refractivity contribution in [3.63, 3.8) is 0 Å². The van der Waals surface area contributed by atoms with Crippen molar-refractivity contribution >= 4 is 11.5 Å². The van der Waals surface area contributed by atoms with E-state index in [-0.39, 0.29) is 11.1 Å². The van der Waals surface area contributed by atoms with Gasteiger partial charge in [-0.2, -0.15) is 10.2 Å². The van der Waals surface area contributed by atoms with E-state index in [0.29, 0.717) is 24.4 Å². The Morgan fingerprint density at radius 2 is 1.92 bits per heavy atom. The Morgan fingerprint density at radius 1 is 1.29 bits per heavy atom. The molecule has 0 aliphatic rings. The highest BCUT2D eigenvalue weighted by molar-refractivity contribution is 5.94. The minimum absolute atomic E-state index is 0.0684. The topological polar surface area (TPSA) is 53.8 Å². The van der Waals surface area contributed by atoms with Crippen LogP contribution in [0.4, 0.5) is 8.78 Å². The summed E-state index contributed by atoms with van der Waals surface area (Å²) in [6, 6.07) is 2.65. The molecule has 4 nitrogen and oxygen atoms in total. The molecule has 128 valence electrons. The molecule has 0 saturated carbocycles. The Kier molecular flexibility index (Phi) is 7.68. The van der Waals surface area contributed by atoms with Gasteiger partial charge in [-0.3, -0.25) is 4.79 Å². The number of nitrogens with one attached hydrogen (secondary N) is 1. The summed E-state index contributed by atoms with van der Waals surface area (Å²) in [6.07, 6.45) is 4.89. The summed E-state index contributed by atoms with van der Waals surface area (Å²) in [5, 5.41) is 10.3. The highest BCUT2D eigenvalue weighted by atomic mass is 19.2. The van der Waals surface area contributed by atoms with Gasteiger partial charge in [0.2, 0.25) is 0 Å². The van der Waals surface area contributed by atoms with Crippen molar-refractivity contribution in [2.24, 2.45) is 10.2 Å². The highest BCUT2D eigenvalue weighted by Crippen LogP contribution is 2.24. The number of allylic oxidation sites excluding steroid dienone is 3. The predicted octanol–water partition coefficient (Wildman–Crippen LogP) is 4.66. The number of hydrogen-bond donors (Lipinski definition) is 1. The summed E-state index contributed by atoms with van der Waals surface area (Å²) in [5.74, 6) is -2.87. The van der Waals surface area contributed by atoms with Crippen molar-refractivity contribution in [3.05, 3.63) is 65.4 Å². The zero-order valence-electron chi connectivity index (χ0n) is 14.1. The first-order valence-electron chi connectivity index (χ1n) is 7.55. The van der Waals surface area contributed by atoms with E-state index in [1.165, 1.54) is 12.1 Å². The molecule has 0 aromatic heterocycles. The van der Waals surface area contributed by atoms with Gasteiger partial charge >= 0.3 is 0 Å². The smallest absolute Gasteiger partial charge is 0.254 e. The standard InChI is InChI=1S/C18H21F2N3O/c1-5-10-22-23-13(6-2)11-12(4)14-8-9-15(17(20)16(14)19)18(24)21-7-3/h5-6,8-9,11H,1,7,10H2,2-4H3,(H,21,24)/b12-11+,13-6-,23-22?. The molecule has 1 rings (SSSR count). The molecule has 0 saturated heterocycles. The number of amides is 1. The molecule has 0 aliphatic heterocycles. The lowest BCUT2D eigenvalue weighted by Gasteiger charge is -2.09. The number of carbonyl (C=O) groups excluding carboxylic acids is 1. The van der Waals surface area contributed by atoms with Gasteiger partial charge in [0, 0.05) is 12.1 Å². The number of halogens is 2. The Hall–Kier alpha value is -2.63. The minimum Gasteiger partial charge on any atom is -0.352 e. The molecule has 0 bridgehead atoms. The van der Waals surface area contributed by atoms with Gasteiger partial charge in [0.25, 0.3) is 5.91 Å². The van der Waals surface area contributed by atoms with Crippen molar-refractivity contribution in [2.45, 2.75) is 20.8 Å². The first-order chi connectivity index (χ1) is 11.5. The summed E-state index contributed by atoms with van der Waals surface area (Å²) >= 11 is 0. The van der Waals surface area contributed by atoms with Crippen LogP contribution in [0, 0.1) is 11.6 Å². The van der Waals surface area contributed by atoms with E-state index < -0.39 is 17.5 Å².